The van der Waals surface area contributed by atoms with Gasteiger partial charge < -0.3 is 14.7 Å². The van der Waals surface area contributed by atoms with Crippen molar-refractivity contribution < 1.29 is 9.84 Å². The zero-order valence-electron chi connectivity index (χ0n) is 6.58. The monoisotopic (exact) mass is 145 g/mol. The Bertz CT molecular complexity index is 106. The fraction of sp³-hybridized carbons (Fsp3) is 1.00. The Morgan fingerprint density at radius 1 is 1.70 bits per heavy atom. The summed E-state index contributed by atoms with van der Waals surface area (Å²) in [4.78, 5) is 2.17. The van der Waals surface area contributed by atoms with Crippen LogP contribution in [0.2, 0.25) is 0 Å². The van der Waals surface area contributed by atoms with Crippen molar-refractivity contribution in [3.8, 4) is 0 Å². The van der Waals surface area contributed by atoms with Crippen LogP contribution in [-0.2, 0) is 4.74 Å². The van der Waals surface area contributed by atoms with Crippen LogP contribution >= 0.6 is 0 Å². The molecule has 0 bridgehead atoms. The van der Waals surface area contributed by atoms with Gasteiger partial charge in [-0.1, -0.05) is 0 Å². The Morgan fingerprint density at radius 3 is 2.80 bits per heavy atom. The molecule has 1 saturated heterocycles. The van der Waals surface area contributed by atoms with Gasteiger partial charge in [0.25, 0.3) is 0 Å². The molecule has 0 aliphatic carbocycles. The van der Waals surface area contributed by atoms with Gasteiger partial charge in [-0.25, -0.2) is 0 Å². The molecule has 0 aromatic rings. The van der Waals surface area contributed by atoms with Crippen LogP contribution in [0.1, 0.15) is 6.92 Å². The average Bonchev–Trinajstić information content (AvgIpc) is 1.88. The van der Waals surface area contributed by atoms with E-state index >= 15 is 0 Å². The van der Waals surface area contributed by atoms with Gasteiger partial charge in [-0.05, 0) is 14.0 Å². The molecule has 0 aromatic carbocycles. The number of hydrogen-bond donors (Lipinski definition) is 1. The van der Waals surface area contributed by atoms with E-state index in [1.807, 2.05) is 7.05 Å². The molecule has 1 fully saturated rings. The molecule has 3 heteroatoms. The molecule has 0 spiro atoms. The minimum absolute atomic E-state index is 0.0127. The molecule has 3 nitrogen and oxygen atoms in total. The van der Waals surface area contributed by atoms with Crippen LogP contribution in [0.5, 0.6) is 0 Å². The normalized spacial score (nSPS) is 32.1. The van der Waals surface area contributed by atoms with Gasteiger partial charge >= 0.3 is 0 Å². The molecule has 1 heterocycles. The molecule has 0 amide bonds. The molecule has 0 aromatic heterocycles. The first-order valence-electron chi connectivity index (χ1n) is 3.68. The third-order valence-corrected chi connectivity index (χ3v) is 1.83. The van der Waals surface area contributed by atoms with Crippen molar-refractivity contribution in [2.75, 3.05) is 26.7 Å². The largest absolute Gasteiger partial charge is 0.391 e. The lowest BCUT2D eigenvalue weighted by atomic mass is 10.2. The van der Waals surface area contributed by atoms with Crippen LogP contribution in [0.15, 0.2) is 0 Å². The van der Waals surface area contributed by atoms with Crippen LogP contribution < -0.4 is 0 Å². The highest BCUT2D eigenvalue weighted by atomic mass is 16.5. The minimum Gasteiger partial charge on any atom is -0.391 e. The van der Waals surface area contributed by atoms with Crippen molar-refractivity contribution in [1.29, 1.82) is 0 Å². The molecule has 10 heavy (non-hydrogen) atoms. The Morgan fingerprint density at radius 2 is 2.40 bits per heavy atom. The van der Waals surface area contributed by atoms with Crippen LogP contribution in [0.25, 0.3) is 0 Å². The van der Waals surface area contributed by atoms with Crippen molar-refractivity contribution in [2.24, 2.45) is 0 Å². The standard InChI is InChI=1S/C7H15NO2/c1-6(9)7-5-8(2)3-4-10-7/h6-7,9H,3-5H2,1-2H3/t6-,7+/m1/s1. The van der Waals surface area contributed by atoms with Gasteiger partial charge in [0, 0.05) is 13.1 Å². The Labute approximate surface area is 61.6 Å². The molecule has 0 radical (unpaired) electrons. The lowest BCUT2D eigenvalue weighted by Gasteiger charge is -2.31. The maximum atomic E-state index is 9.14. The zero-order chi connectivity index (χ0) is 7.56. The number of ether oxygens (including phenoxy) is 1. The van der Waals surface area contributed by atoms with Crippen LogP contribution in [-0.4, -0.2) is 49.0 Å². The SMILES string of the molecule is C[C@@H](O)[C@@H]1CN(C)CCO1. The fourth-order valence-corrected chi connectivity index (χ4v) is 1.10. The number of rotatable bonds is 1. The van der Waals surface area contributed by atoms with E-state index in [1.165, 1.54) is 0 Å². The van der Waals surface area contributed by atoms with Crippen LogP contribution in [0, 0.1) is 0 Å². The first-order valence-corrected chi connectivity index (χ1v) is 3.68. The summed E-state index contributed by atoms with van der Waals surface area (Å²) in [6.07, 6.45) is -0.332. The quantitative estimate of drug-likeness (QED) is 0.550. The Balaban J connectivity index is 2.32. The minimum atomic E-state index is -0.345. The lowest BCUT2D eigenvalue weighted by molar-refractivity contribution is -0.0767. The zero-order valence-corrected chi connectivity index (χ0v) is 6.58. The summed E-state index contributed by atoms with van der Waals surface area (Å²) in [5.74, 6) is 0. The van der Waals surface area contributed by atoms with Gasteiger partial charge in [-0.3, -0.25) is 0 Å². The third kappa shape index (κ3) is 1.94. The highest BCUT2D eigenvalue weighted by Gasteiger charge is 2.21. The molecular weight excluding hydrogens is 130 g/mol. The second-order valence-corrected chi connectivity index (χ2v) is 2.91. The fourth-order valence-electron chi connectivity index (χ4n) is 1.10. The second-order valence-electron chi connectivity index (χ2n) is 2.91. The van der Waals surface area contributed by atoms with E-state index < -0.39 is 0 Å². The lowest BCUT2D eigenvalue weighted by Crippen LogP contribution is -2.44. The predicted molar refractivity (Wildman–Crippen MR) is 38.9 cm³/mol. The highest BCUT2D eigenvalue weighted by Crippen LogP contribution is 2.06. The van der Waals surface area contributed by atoms with E-state index in [-0.39, 0.29) is 12.2 Å². The number of morpholine rings is 1. The van der Waals surface area contributed by atoms with E-state index in [0.717, 1.165) is 19.7 Å². The molecule has 1 aliphatic heterocycles. The van der Waals surface area contributed by atoms with Crippen molar-refractivity contribution >= 4 is 0 Å². The Kier molecular flexibility index (Phi) is 2.65. The summed E-state index contributed by atoms with van der Waals surface area (Å²) in [5, 5.41) is 9.14. The van der Waals surface area contributed by atoms with E-state index in [0.29, 0.717) is 0 Å². The molecule has 60 valence electrons. The van der Waals surface area contributed by atoms with Crippen molar-refractivity contribution in [2.45, 2.75) is 19.1 Å². The third-order valence-electron chi connectivity index (χ3n) is 1.83. The van der Waals surface area contributed by atoms with Crippen LogP contribution in [0.4, 0.5) is 0 Å². The summed E-state index contributed by atoms with van der Waals surface area (Å²) in [6.45, 7) is 4.33. The number of aliphatic hydroxyl groups excluding tert-OH is 1. The number of hydrogen-bond acceptors (Lipinski definition) is 3. The first kappa shape index (κ1) is 7.98. The smallest absolute Gasteiger partial charge is 0.0958 e. The molecule has 0 saturated carbocycles. The molecule has 1 N–H and O–H groups in total. The summed E-state index contributed by atoms with van der Waals surface area (Å²) in [6, 6.07) is 0. The van der Waals surface area contributed by atoms with E-state index in [2.05, 4.69) is 4.90 Å². The summed E-state index contributed by atoms with van der Waals surface area (Å²) < 4.78 is 5.32. The topological polar surface area (TPSA) is 32.7 Å². The van der Waals surface area contributed by atoms with Gasteiger partial charge in [-0.15, -0.1) is 0 Å². The molecule has 1 aliphatic rings. The predicted octanol–water partition coefficient (Wildman–Crippen LogP) is -0.302. The van der Waals surface area contributed by atoms with Crippen molar-refractivity contribution in [3.05, 3.63) is 0 Å². The Hall–Kier alpha value is -0.120. The number of nitrogens with zero attached hydrogens (tertiary/aromatic N) is 1. The van der Waals surface area contributed by atoms with Gasteiger partial charge in [0.2, 0.25) is 0 Å². The maximum absolute atomic E-state index is 9.14. The van der Waals surface area contributed by atoms with E-state index in [1.54, 1.807) is 6.92 Å². The molecular formula is C7H15NO2. The summed E-state index contributed by atoms with van der Waals surface area (Å²) in [5.41, 5.74) is 0. The van der Waals surface area contributed by atoms with Gasteiger partial charge in [0.1, 0.15) is 0 Å². The van der Waals surface area contributed by atoms with Crippen molar-refractivity contribution in [3.63, 3.8) is 0 Å². The molecule has 0 unspecified atom stereocenters. The number of aliphatic hydroxyl groups is 1. The summed E-state index contributed by atoms with van der Waals surface area (Å²) >= 11 is 0. The summed E-state index contributed by atoms with van der Waals surface area (Å²) in [7, 11) is 2.04. The van der Waals surface area contributed by atoms with Gasteiger partial charge in [-0.2, -0.15) is 0 Å². The average molecular weight is 145 g/mol. The molecule has 2 atom stereocenters. The van der Waals surface area contributed by atoms with E-state index in [9.17, 15) is 0 Å². The highest BCUT2D eigenvalue weighted by molar-refractivity contribution is 4.72. The molecule has 1 rings (SSSR count). The van der Waals surface area contributed by atoms with Crippen LogP contribution in [0.3, 0.4) is 0 Å². The van der Waals surface area contributed by atoms with E-state index in [4.69, 9.17) is 9.84 Å². The number of likely N-dealkylation sites (N-methyl/N-ethyl adjacent to an activating group) is 1. The van der Waals surface area contributed by atoms with Gasteiger partial charge in [0.05, 0.1) is 18.8 Å². The first-order chi connectivity index (χ1) is 4.70. The maximum Gasteiger partial charge on any atom is 0.0958 e. The van der Waals surface area contributed by atoms with Crippen molar-refractivity contribution in [1.82, 2.24) is 4.90 Å². The second kappa shape index (κ2) is 3.32. The van der Waals surface area contributed by atoms with Gasteiger partial charge in [0.15, 0.2) is 0 Å².